The number of tetrazole rings is 1. The van der Waals surface area contributed by atoms with Crippen molar-refractivity contribution in [3.8, 4) is 5.75 Å². The molecule has 1 aromatic carbocycles. The van der Waals surface area contributed by atoms with Crippen LogP contribution in [-0.2, 0) is 16.8 Å². The fourth-order valence-electron chi connectivity index (χ4n) is 5.11. The number of rotatable bonds is 7. The second-order valence-corrected chi connectivity index (χ2v) is 10.6. The van der Waals surface area contributed by atoms with Gasteiger partial charge in [0.2, 0.25) is 5.82 Å². The van der Waals surface area contributed by atoms with E-state index >= 15 is 0 Å². The van der Waals surface area contributed by atoms with Crippen LogP contribution in [0.15, 0.2) is 24.4 Å². The standard InChI is InChI=1S/C24H23F3N6O2S/c25-24(26,27)7-1-9-35-15-4-5-17-14(10-15)6-8-23(17)11-16(22-28-12-18(36-22)13-2-3-13)19(21(34)29-23)20-30-32-33-31-20/h4-5,10,12-13H,1-3,6-9,11H2,(H,29,34)(H,30,31,32,33)/t23-/m0/s1. The van der Waals surface area contributed by atoms with Crippen molar-refractivity contribution in [2.24, 2.45) is 0 Å². The van der Waals surface area contributed by atoms with Gasteiger partial charge in [0.1, 0.15) is 10.8 Å². The Bertz CT molecular complexity index is 1330. The Labute approximate surface area is 208 Å². The zero-order valence-corrected chi connectivity index (χ0v) is 20.0. The van der Waals surface area contributed by atoms with Crippen LogP contribution in [-0.4, -0.2) is 44.3 Å². The Kier molecular flexibility index (Phi) is 5.58. The molecule has 8 nitrogen and oxygen atoms in total. The summed E-state index contributed by atoms with van der Waals surface area (Å²) in [5.41, 5.74) is 2.57. The third-order valence-corrected chi connectivity index (χ3v) is 8.20. The van der Waals surface area contributed by atoms with Crippen molar-refractivity contribution in [2.75, 3.05) is 6.61 Å². The van der Waals surface area contributed by atoms with E-state index in [1.54, 1.807) is 17.4 Å². The molecule has 3 heterocycles. The fourth-order valence-corrected chi connectivity index (χ4v) is 6.25. The monoisotopic (exact) mass is 516 g/mol. The van der Waals surface area contributed by atoms with Crippen LogP contribution in [0.1, 0.15) is 71.3 Å². The van der Waals surface area contributed by atoms with E-state index in [4.69, 9.17) is 4.74 Å². The molecule has 1 atom stereocenters. The van der Waals surface area contributed by atoms with Crippen molar-refractivity contribution in [1.29, 1.82) is 0 Å². The van der Waals surface area contributed by atoms with Crippen LogP contribution in [0.5, 0.6) is 5.75 Å². The Hall–Kier alpha value is -3.28. The van der Waals surface area contributed by atoms with Gasteiger partial charge in [-0.25, -0.2) is 4.98 Å². The lowest BCUT2D eigenvalue weighted by molar-refractivity contribution is -0.136. The predicted octanol–water partition coefficient (Wildman–Crippen LogP) is 4.53. The number of fused-ring (bicyclic) bond motifs is 2. The van der Waals surface area contributed by atoms with Crippen LogP contribution >= 0.6 is 11.3 Å². The minimum absolute atomic E-state index is 0.00546. The number of nitrogens with one attached hydrogen (secondary N) is 2. The Morgan fingerprint density at radius 3 is 2.86 bits per heavy atom. The summed E-state index contributed by atoms with van der Waals surface area (Å²) in [6.07, 6.45) is 1.01. The number of aromatic amines is 1. The van der Waals surface area contributed by atoms with Gasteiger partial charge in [-0.2, -0.15) is 18.4 Å². The van der Waals surface area contributed by atoms with Crippen LogP contribution in [0.4, 0.5) is 13.2 Å². The van der Waals surface area contributed by atoms with Crippen LogP contribution in [0.2, 0.25) is 0 Å². The normalized spacial score (nSPS) is 21.7. The van der Waals surface area contributed by atoms with Gasteiger partial charge < -0.3 is 10.1 Å². The number of halogens is 3. The van der Waals surface area contributed by atoms with E-state index in [1.165, 1.54) is 4.88 Å². The average molecular weight is 517 g/mol. The molecule has 1 spiro atoms. The Morgan fingerprint density at radius 2 is 2.11 bits per heavy atom. The Balaban J connectivity index is 1.29. The van der Waals surface area contributed by atoms with E-state index < -0.39 is 18.1 Å². The molecule has 2 aromatic heterocycles. The highest BCUT2D eigenvalue weighted by atomic mass is 32.1. The summed E-state index contributed by atoms with van der Waals surface area (Å²) in [5.74, 6) is 1.05. The summed E-state index contributed by atoms with van der Waals surface area (Å²) in [4.78, 5) is 19.4. The molecule has 6 rings (SSSR count). The molecule has 1 saturated carbocycles. The van der Waals surface area contributed by atoms with Gasteiger partial charge in [-0.1, -0.05) is 6.07 Å². The highest BCUT2D eigenvalue weighted by molar-refractivity contribution is 7.13. The number of hydrogen-bond acceptors (Lipinski definition) is 7. The maximum Gasteiger partial charge on any atom is 0.389 e. The minimum Gasteiger partial charge on any atom is -0.494 e. The third kappa shape index (κ3) is 4.38. The molecule has 188 valence electrons. The van der Waals surface area contributed by atoms with Crippen molar-refractivity contribution in [2.45, 2.75) is 62.6 Å². The number of hydrogen-bond donors (Lipinski definition) is 2. The number of H-pyrrole nitrogens is 1. The highest BCUT2D eigenvalue weighted by Crippen LogP contribution is 2.50. The van der Waals surface area contributed by atoms with Gasteiger partial charge in [0.15, 0.2) is 0 Å². The van der Waals surface area contributed by atoms with Gasteiger partial charge >= 0.3 is 6.18 Å². The zero-order valence-electron chi connectivity index (χ0n) is 19.2. The molecule has 2 aliphatic carbocycles. The summed E-state index contributed by atoms with van der Waals surface area (Å²) in [5, 5.41) is 18.2. The number of benzene rings is 1. The first-order valence-corrected chi connectivity index (χ1v) is 12.7. The summed E-state index contributed by atoms with van der Waals surface area (Å²) < 4.78 is 42.8. The molecule has 36 heavy (non-hydrogen) atoms. The van der Waals surface area contributed by atoms with Gasteiger partial charge in [0.05, 0.1) is 17.7 Å². The lowest BCUT2D eigenvalue weighted by atomic mass is 9.80. The molecule has 0 saturated heterocycles. The summed E-state index contributed by atoms with van der Waals surface area (Å²) in [7, 11) is 0. The molecular formula is C24H23F3N6O2S. The summed E-state index contributed by atoms with van der Waals surface area (Å²) in [6, 6.07) is 5.55. The zero-order chi connectivity index (χ0) is 24.9. The molecule has 0 unspecified atom stereocenters. The van der Waals surface area contributed by atoms with Crippen LogP contribution in [0, 0.1) is 0 Å². The lowest BCUT2D eigenvalue weighted by Crippen LogP contribution is -2.48. The highest BCUT2D eigenvalue weighted by Gasteiger charge is 2.47. The lowest BCUT2D eigenvalue weighted by Gasteiger charge is -2.37. The fraction of sp³-hybridized carbons (Fsp3) is 0.458. The molecule has 3 aliphatic rings. The van der Waals surface area contributed by atoms with E-state index in [0.29, 0.717) is 36.5 Å². The smallest absolute Gasteiger partial charge is 0.389 e. The maximum absolute atomic E-state index is 13.5. The number of thiazole rings is 1. The van der Waals surface area contributed by atoms with Crippen molar-refractivity contribution >= 4 is 28.4 Å². The van der Waals surface area contributed by atoms with E-state index in [2.05, 4.69) is 30.9 Å². The number of carbonyl (C=O) groups excluding carboxylic acids is 1. The second-order valence-electron chi connectivity index (χ2n) is 9.53. The van der Waals surface area contributed by atoms with Gasteiger partial charge in [0.25, 0.3) is 5.91 Å². The second kappa shape index (κ2) is 8.68. The Morgan fingerprint density at radius 1 is 1.25 bits per heavy atom. The number of amides is 1. The van der Waals surface area contributed by atoms with Gasteiger partial charge in [0, 0.05) is 29.5 Å². The van der Waals surface area contributed by atoms with Crippen molar-refractivity contribution in [3.05, 3.63) is 51.2 Å². The van der Waals surface area contributed by atoms with E-state index in [-0.39, 0.29) is 24.8 Å². The van der Waals surface area contributed by atoms with Crippen LogP contribution < -0.4 is 10.1 Å². The van der Waals surface area contributed by atoms with E-state index in [0.717, 1.165) is 34.5 Å². The number of alkyl halides is 3. The molecular weight excluding hydrogens is 493 g/mol. The predicted molar refractivity (Wildman–Crippen MR) is 125 cm³/mol. The van der Waals surface area contributed by atoms with Crippen molar-refractivity contribution < 1.29 is 22.7 Å². The first-order chi connectivity index (χ1) is 17.3. The van der Waals surface area contributed by atoms with E-state index in [1.807, 2.05) is 18.3 Å². The molecule has 0 bridgehead atoms. The van der Waals surface area contributed by atoms with Crippen LogP contribution in [0.25, 0.3) is 11.1 Å². The number of ether oxygens (including phenoxy) is 1. The molecule has 1 amide bonds. The maximum atomic E-state index is 13.5. The van der Waals surface area contributed by atoms with Crippen molar-refractivity contribution in [1.82, 2.24) is 30.9 Å². The first-order valence-electron chi connectivity index (χ1n) is 11.9. The molecule has 1 fully saturated rings. The topological polar surface area (TPSA) is 106 Å². The first kappa shape index (κ1) is 23.1. The van der Waals surface area contributed by atoms with Gasteiger partial charge in [-0.15, -0.1) is 21.5 Å². The van der Waals surface area contributed by atoms with Gasteiger partial charge in [-0.3, -0.25) is 4.79 Å². The largest absolute Gasteiger partial charge is 0.494 e. The molecule has 12 heteroatoms. The van der Waals surface area contributed by atoms with Crippen molar-refractivity contribution in [3.63, 3.8) is 0 Å². The number of carbonyl (C=O) groups is 1. The number of nitrogens with zero attached hydrogens (tertiary/aromatic N) is 4. The van der Waals surface area contributed by atoms with Gasteiger partial charge in [-0.05, 0) is 66.5 Å². The summed E-state index contributed by atoms with van der Waals surface area (Å²) in [6.45, 7) is -0.00546. The molecule has 0 radical (unpaired) electrons. The third-order valence-electron chi connectivity index (χ3n) is 6.98. The minimum atomic E-state index is -4.19. The molecule has 3 aromatic rings. The average Bonchev–Trinajstić information content (AvgIpc) is 3.21. The number of aryl methyl sites for hydroxylation is 1. The van der Waals surface area contributed by atoms with Crippen LogP contribution in [0.3, 0.4) is 0 Å². The summed E-state index contributed by atoms with van der Waals surface area (Å²) >= 11 is 1.62. The molecule has 2 N–H and O–H groups in total. The van der Waals surface area contributed by atoms with E-state index in [9.17, 15) is 18.0 Å². The SMILES string of the molecule is O=C1N[C@@]2(CCc3cc(OCCCC(F)(F)F)ccc32)CC(c2ncc(C3CC3)s2)=C1c1nn[nH]n1. The number of aromatic nitrogens is 5. The quantitative estimate of drug-likeness (QED) is 0.447. The molecule has 1 aliphatic heterocycles.